The standard InChI is InChI=1S/C19H21N3O/c1-22(2)16-10-8-14(9-11-16)13-20-21-19(23)18-12-17(18)15-6-4-3-5-7-15/h3-11,13,17-18H,12H2,1-2H3,(H,21,23)/b20-13-/t17-,18+/m0/s1. The first-order chi connectivity index (χ1) is 11.1. The van der Waals surface area contributed by atoms with Crippen LogP contribution < -0.4 is 10.3 Å². The van der Waals surface area contributed by atoms with Crippen LogP contribution in [0.2, 0.25) is 0 Å². The van der Waals surface area contributed by atoms with Crippen molar-refractivity contribution in [2.45, 2.75) is 12.3 Å². The summed E-state index contributed by atoms with van der Waals surface area (Å²) in [6.45, 7) is 0. The number of carbonyl (C=O) groups is 1. The van der Waals surface area contributed by atoms with Crippen LogP contribution >= 0.6 is 0 Å². The Morgan fingerprint density at radius 2 is 1.83 bits per heavy atom. The molecule has 0 heterocycles. The fourth-order valence-electron chi connectivity index (χ4n) is 2.67. The Morgan fingerprint density at radius 3 is 2.48 bits per heavy atom. The molecule has 1 aliphatic rings. The molecule has 0 aliphatic heterocycles. The first-order valence-electron chi connectivity index (χ1n) is 7.80. The fraction of sp³-hybridized carbons (Fsp3) is 0.263. The maximum absolute atomic E-state index is 12.1. The number of carbonyl (C=O) groups excluding carboxylic acids is 1. The summed E-state index contributed by atoms with van der Waals surface area (Å²) in [6, 6.07) is 18.2. The highest BCUT2D eigenvalue weighted by Gasteiger charge is 2.43. The highest BCUT2D eigenvalue weighted by atomic mass is 16.2. The molecule has 23 heavy (non-hydrogen) atoms. The summed E-state index contributed by atoms with van der Waals surface area (Å²) >= 11 is 0. The SMILES string of the molecule is CN(C)c1ccc(/C=N\NC(=O)[C@@H]2C[C@H]2c2ccccc2)cc1. The van der Waals surface area contributed by atoms with Crippen LogP contribution in [0.25, 0.3) is 0 Å². The van der Waals surface area contributed by atoms with E-state index in [4.69, 9.17) is 0 Å². The molecule has 118 valence electrons. The van der Waals surface area contributed by atoms with Crippen LogP contribution in [0.3, 0.4) is 0 Å². The van der Waals surface area contributed by atoms with Crippen molar-refractivity contribution in [2.75, 3.05) is 19.0 Å². The molecule has 0 spiro atoms. The molecule has 0 bridgehead atoms. The first-order valence-corrected chi connectivity index (χ1v) is 7.80. The predicted molar refractivity (Wildman–Crippen MR) is 93.8 cm³/mol. The van der Waals surface area contributed by atoms with Crippen LogP contribution in [-0.2, 0) is 4.79 Å². The average molecular weight is 307 g/mol. The number of nitrogens with one attached hydrogen (secondary N) is 1. The second-order valence-electron chi connectivity index (χ2n) is 6.08. The van der Waals surface area contributed by atoms with Gasteiger partial charge in [0, 0.05) is 25.7 Å². The highest BCUT2D eigenvalue weighted by Crippen LogP contribution is 2.47. The molecule has 1 amide bonds. The predicted octanol–water partition coefficient (Wildman–Crippen LogP) is 3.01. The van der Waals surface area contributed by atoms with Gasteiger partial charge in [0.1, 0.15) is 0 Å². The van der Waals surface area contributed by atoms with Crippen molar-refractivity contribution < 1.29 is 4.79 Å². The molecule has 0 aromatic heterocycles. The third-order valence-electron chi connectivity index (χ3n) is 4.15. The number of hydrogen-bond donors (Lipinski definition) is 1. The zero-order valence-electron chi connectivity index (χ0n) is 13.4. The second-order valence-corrected chi connectivity index (χ2v) is 6.08. The average Bonchev–Trinajstić information content (AvgIpc) is 3.37. The lowest BCUT2D eigenvalue weighted by molar-refractivity contribution is -0.122. The smallest absolute Gasteiger partial charge is 0.243 e. The molecule has 3 rings (SSSR count). The molecule has 1 saturated carbocycles. The molecular formula is C19H21N3O. The van der Waals surface area contributed by atoms with Gasteiger partial charge in [0.05, 0.1) is 6.21 Å². The largest absolute Gasteiger partial charge is 0.378 e. The number of rotatable bonds is 5. The minimum absolute atomic E-state index is 0.0000136. The Hall–Kier alpha value is -2.62. The Kier molecular flexibility index (Phi) is 4.42. The molecule has 2 aromatic rings. The van der Waals surface area contributed by atoms with Gasteiger partial charge in [-0.05, 0) is 35.6 Å². The molecule has 1 fully saturated rings. The summed E-state index contributed by atoms with van der Waals surface area (Å²) in [5.41, 5.74) is 5.98. The van der Waals surface area contributed by atoms with E-state index in [0.29, 0.717) is 5.92 Å². The number of nitrogens with zero attached hydrogens (tertiary/aromatic N) is 2. The minimum atomic E-state index is 0.0000136. The number of hydrogen-bond acceptors (Lipinski definition) is 3. The van der Waals surface area contributed by atoms with Crippen LogP contribution in [0.4, 0.5) is 5.69 Å². The molecule has 2 aromatic carbocycles. The van der Waals surface area contributed by atoms with Crippen molar-refractivity contribution in [3.05, 3.63) is 65.7 Å². The van der Waals surface area contributed by atoms with Gasteiger partial charge in [-0.25, -0.2) is 5.43 Å². The van der Waals surface area contributed by atoms with Crippen molar-refractivity contribution in [3.8, 4) is 0 Å². The molecule has 2 atom stereocenters. The van der Waals surface area contributed by atoms with E-state index in [1.807, 2.05) is 61.5 Å². The zero-order chi connectivity index (χ0) is 16.2. The maximum Gasteiger partial charge on any atom is 0.243 e. The lowest BCUT2D eigenvalue weighted by Crippen LogP contribution is -2.20. The maximum atomic E-state index is 12.1. The summed E-state index contributed by atoms with van der Waals surface area (Å²) in [5, 5.41) is 4.07. The van der Waals surface area contributed by atoms with Crippen molar-refractivity contribution in [1.82, 2.24) is 5.43 Å². The van der Waals surface area contributed by atoms with Gasteiger partial charge < -0.3 is 4.90 Å². The van der Waals surface area contributed by atoms with Crippen LogP contribution in [0.15, 0.2) is 59.7 Å². The van der Waals surface area contributed by atoms with E-state index < -0.39 is 0 Å². The monoisotopic (exact) mass is 307 g/mol. The lowest BCUT2D eigenvalue weighted by atomic mass is 10.1. The van der Waals surface area contributed by atoms with E-state index in [1.54, 1.807) is 6.21 Å². The molecule has 0 unspecified atom stereocenters. The molecule has 0 saturated heterocycles. The summed E-state index contributed by atoms with van der Waals surface area (Å²) in [5.74, 6) is 0.386. The fourth-order valence-corrected chi connectivity index (χ4v) is 2.67. The van der Waals surface area contributed by atoms with Crippen LogP contribution in [0.1, 0.15) is 23.5 Å². The van der Waals surface area contributed by atoms with Crippen LogP contribution in [0.5, 0.6) is 0 Å². The quantitative estimate of drug-likeness (QED) is 0.682. The molecule has 1 aliphatic carbocycles. The first kappa shape index (κ1) is 15.3. The van der Waals surface area contributed by atoms with E-state index in [2.05, 4.69) is 22.7 Å². The summed E-state index contributed by atoms with van der Waals surface area (Å²) < 4.78 is 0. The third-order valence-corrected chi connectivity index (χ3v) is 4.15. The van der Waals surface area contributed by atoms with Gasteiger partial charge in [0.2, 0.25) is 5.91 Å². The molecule has 4 nitrogen and oxygen atoms in total. The minimum Gasteiger partial charge on any atom is -0.378 e. The molecule has 4 heteroatoms. The number of amides is 1. The van der Waals surface area contributed by atoms with Crippen molar-refractivity contribution >= 4 is 17.8 Å². The van der Waals surface area contributed by atoms with Crippen molar-refractivity contribution in [2.24, 2.45) is 11.0 Å². The molecular weight excluding hydrogens is 286 g/mol. The van der Waals surface area contributed by atoms with Crippen LogP contribution in [-0.4, -0.2) is 26.2 Å². The lowest BCUT2D eigenvalue weighted by Gasteiger charge is -2.11. The Balaban J connectivity index is 1.51. The summed E-state index contributed by atoms with van der Waals surface area (Å²) in [7, 11) is 4.00. The van der Waals surface area contributed by atoms with Gasteiger partial charge in [-0.15, -0.1) is 0 Å². The molecule has 0 radical (unpaired) electrons. The van der Waals surface area contributed by atoms with Crippen molar-refractivity contribution in [3.63, 3.8) is 0 Å². The van der Waals surface area contributed by atoms with E-state index in [0.717, 1.165) is 17.7 Å². The summed E-state index contributed by atoms with van der Waals surface area (Å²) in [6.07, 6.45) is 2.58. The van der Waals surface area contributed by atoms with Gasteiger partial charge in [0.25, 0.3) is 0 Å². The van der Waals surface area contributed by atoms with E-state index >= 15 is 0 Å². The van der Waals surface area contributed by atoms with Gasteiger partial charge >= 0.3 is 0 Å². The van der Waals surface area contributed by atoms with E-state index in [1.165, 1.54) is 5.56 Å². The van der Waals surface area contributed by atoms with Crippen molar-refractivity contribution in [1.29, 1.82) is 0 Å². The normalized spacial score (nSPS) is 19.6. The second kappa shape index (κ2) is 6.65. The van der Waals surface area contributed by atoms with E-state index in [9.17, 15) is 4.79 Å². The Morgan fingerprint density at radius 1 is 1.13 bits per heavy atom. The highest BCUT2D eigenvalue weighted by molar-refractivity contribution is 5.85. The molecule has 1 N–H and O–H groups in total. The Bertz CT molecular complexity index is 692. The van der Waals surface area contributed by atoms with Gasteiger partial charge in [-0.2, -0.15) is 5.10 Å². The van der Waals surface area contributed by atoms with Gasteiger partial charge in [-0.3, -0.25) is 4.79 Å². The number of benzene rings is 2. The topological polar surface area (TPSA) is 44.7 Å². The van der Waals surface area contributed by atoms with Crippen LogP contribution in [0, 0.1) is 5.92 Å². The summed E-state index contributed by atoms with van der Waals surface area (Å²) in [4.78, 5) is 14.1. The van der Waals surface area contributed by atoms with E-state index in [-0.39, 0.29) is 11.8 Å². The Labute approximate surface area is 136 Å². The van der Waals surface area contributed by atoms with Gasteiger partial charge in [0.15, 0.2) is 0 Å². The zero-order valence-corrected chi connectivity index (χ0v) is 13.4. The number of anilines is 1. The number of hydrazone groups is 1. The van der Waals surface area contributed by atoms with Gasteiger partial charge in [-0.1, -0.05) is 42.5 Å². The third kappa shape index (κ3) is 3.77.